The third kappa shape index (κ3) is 3.62. The summed E-state index contributed by atoms with van der Waals surface area (Å²) in [6.45, 7) is 0.303. The van der Waals surface area contributed by atoms with Gasteiger partial charge < -0.3 is 10.1 Å². The highest BCUT2D eigenvalue weighted by atomic mass is 32.2. The topological polar surface area (TPSA) is 88.6 Å². The third-order valence-electron chi connectivity index (χ3n) is 5.69. The number of sulfonamides is 1. The van der Waals surface area contributed by atoms with Gasteiger partial charge in [-0.2, -0.15) is 4.31 Å². The lowest BCUT2D eigenvalue weighted by molar-refractivity contribution is -0.119. The third-order valence-corrected chi connectivity index (χ3v) is 8.54. The van der Waals surface area contributed by atoms with E-state index in [4.69, 9.17) is 4.74 Å². The molecule has 0 spiro atoms. The summed E-state index contributed by atoms with van der Waals surface area (Å²) in [4.78, 5) is 17.8. The van der Waals surface area contributed by atoms with Gasteiger partial charge in [-0.3, -0.25) is 4.79 Å². The molecule has 0 radical (unpaired) electrons. The molecule has 4 aromatic rings. The Hall–Kier alpha value is -3.01. The average Bonchev–Trinajstić information content (AvgIpc) is 3.46. The van der Waals surface area contributed by atoms with Crippen molar-refractivity contribution in [1.29, 1.82) is 0 Å². The zero-order valence-corrected chi connectivity index (χ0v) is 18.9. The lowest BCUT2D eigenvalue weighted by atomic mass is 10.1. The molecule has 9 heteroatoms. The van der Waals surface area contributed by atoms with Gasteiger partial charge in [-0.25, -0.2) is 13.4 Å². The molecule has 1 unspecified atom stereocenters. The summed E-state index contributed by atoms with van der Waals surface area (Å²) >= 11 is 1.38. The molecule has 1 aliphatic rings. The first-order valence-electron chi connectivity index (χ1n) is 10.2. The first-order chi connectivity index (χ1) is 15.5. The highest BCUT2D eigenvalue weighted by Crippen LogP contribution is 2.33. The maximum atomic E-state index is 13.2. The highest BCUT2D eigenvalue weighted by Gasteiger charge is 2.39. The van der Waals surface area contributed by atoms with Crippen molar-refractivity contribution < 1.29 is 17.9 Å². The number of ether oxygens (including phenoxy) is 1. The van der Waals surface area contributed by atoms with Crippen molar-refractivity contribution in [2.45, 2.75) is 23.8 Å². The number of nitrogens with zero attached hydrogens (tertiary/aromatic N) is 2. The summed E-state index contributed by atoms with van der Waals surface area (Å²) in [5, 5.41) is 5.42. The minimum absolute atomic E-state index is 0.143. The number of nitrogens with one attached hydrogen (secondary N) is 1. The number of benzene rings is 3. The quantitative estimate of drug-likeness (QED) is 0.474. The van der Waals surface area contributed by atoms with Gasteiger partial charge in [-0.1, -0.05) is 41.7 Å². The molecular formula is C23H21N3O4S2. The van der Waals surface area contributed by atoms with E-state index in [0.717, 1.165) is 21.0 Å². The number of methoxy groups -OCH3 is 1. The van der Waals surface area contributed by atoms with E-state index in [-0.39, 0.29) is 10.8 Å². The van der Waals surface area contributed by atoms with E-state index in [1.807, 2.05) is 36.4 Å². The molecule has 1 aromatic heterocycles. The summed E-state index contributed by atoms with van der Waals surface area (Å²) < 4.78 is 33.7. The maximum absolute atomic E-state index is 13.2. The molecule has 32 heavy (non-hydrogen) atoms. The minimum Gasteiger partial charge on any atom is -0.497 e. The molecule has 1 atom stereocenters. The Balaban J connectivity index is 1.40. The standard InChI is InChI=1S/C23H21N3O4S2/c1-30-16-9-11-17(12-10-16)32(28,29)26-14-4-7-19(26)22(27)25-23-24-21-18-6-3-2-5-15(18)8-13-20(21)31-23/h2-3,5-6,8-13,19H,4,7,14H2,1H3,(H,24,25,27). The molecule has 5 rings (SSSR count). The van der Waals surface area contributed by atoms with Crippen molar-refractivity contribution in [2.75, 3.05) is 19.0 Å². The maximum Gasteiger partial charge on any atom is 0.244 e. The van der Waals surface area contributed by atoms with Crippen LogP contribution in [0.5, 0.6) is 5.75 Å². The van der Waals surface area contributed by atoms with Crippen LogP contribution in [0.3, 0.4) is 0 Å². The van der Waals surface area contributed by atoms with Crippen LogP contribution in [0.1, 0.15) is 12.8 Å². The first kappa shape index (κ1) is 20.9. The van der Waals surface area contributed by atoms with Gasteiger partial charge in [0.05, 0.1) is 22.2 Å². The largest absolute Gasteiger partial charge is 0.497 e. The number of carbonyl (C=O) groups excluding carboxylic acids is 1. The van der Waals surface area contributed by atoms with Crippen LogP contribution in [0.4, 0.5) is 5.13 Å². The average molecular weight is 468 g/mol. The molecule has 1 fully saturated rings. The van der Waals surface area contributed by atoms with Gasteiger partial charge >= 0.3 is 0 Å². The van der Waals surface area contributed by atoms with E-state index in [2.05, 4.69) is 10.3 Å². The Morgan fingerprint density at radius 1 is 1.12 bits per heavy atom. The number of amides is 1. The van der Waals surface area contributed by atoms with Gasteiger partial charge in [0.2, 0.25) is 15.9 Å². The summed E-state index contributed by atoms with van der Waals surface area (Å²) in [7, 11) is -2.28. The molecule has 0 aliphatic carbocycles. The van der Waals surface area contributed by atoms with Crippen molar-refractivity contribution in [3.05, 3.63) is 60.7 Å². The lowest BCUT2D eigenvalue weighted by Crippen LogP contribution is -2.43. The van der Waals surface area contributed by atoms with Crippen LogP contribution in [0.15, 0.2) is 65.6 Å². The van der Waals surface area contributed by atoms with Crippen LogP contribution in [-0.2, 0) is 14.8 Å². The van der Waals surface area contributed by atoms with Crippen molar-refractivity contribution >= 4 is 53.4 Å². The number of aromatic nitrogens is 1. The van der Waals surface area contributed by atoms with E-state index in [1.54, 1.807) is 12.1 Å². The van der Waals surface area contributed by atoms with Crippen LogP contribution >= 0.6 is 11.3 Å². The molecule has 1 aliphatic heterocycles. The number of fused-ring (bicyclic) bond motifs is 3. The summed E-state index contributed by atoms with van der Waals surface area (Å²) in [6, 6.07) is 17.4. The number of thiazole rings is 1. The van der Waals surface area contributed by atoms with E-state index < -0.39 is 16.1 Å². The second-order valence-corrected chi connectivity index (χ2v) is 10.5. The van der Waals surface area contributed by atoms with Crippen LogP contribution in [-0.4, -0.2) is 43.3 Å². The first-order valence-corrected chi connectivity index (χ1v) is 12.5. The number of hydrogen-bond donors (Lipinski definition) is 1. The van der Waals surface area contributed by atoms with Crippen LogP contribution in [0, 0.1) is 0 Å². The van der Waals surface area contributed by atoms with Gasteiger partial charge in [0, 0.05) is 11.9 Å². The number of anilines is 1. The number of rotatable bonds is 5. The zero-order chi connectivity index (χ0) is 22.3. The number of hydrogen-bond acceptors (Lipinski definition) is 6. The van der Waals surface area contributed by atoms with Gasteiger partial charge in [-0.15, -0.1) is 0 Å². The molecule has 7 nitrogen and oxygen atoms in total. The zero-order valence-electron chi connectivity index (χ0n) is 17.3. The van der Waals surface area contributed by atoms with E-state index in [9.17, 15) is 13.2 Å². The summed E-state index contributed by atoms with van der Waals surface area (Å²) in [6.07, 6.45) is 1.09. The molecular weight excluding hydrogens is 446 g/mol. The smallest absolute Gasteiger partial charge is 0.244 e. The van der Waals surface area contributed by atoms with E-state index >= 15 is 0 Å². The summed E-state index contributed by atoms with van der Waals surface area (Å²) in [5.74, 6) is 0.214. The van der Waals surface area contributed by atoms with Gasteiger partial charge in [0.15, 0.2) is 5.13 Å². The molecule has 0 saturated carbocycles. The van der Waals surface area contributed by atoms with Crippen molar-refractivity contribution in [2.24, 2.45) is 0 Å². The molecule has 1 N–H and O–H groups in total. The predicted octanol–water partition coefficient (Wildman–Crippen LogP) is 4.25. The van der Waals surface area contributed by atoms with Crippen LogP contribution < -0.4 is 10.1 Å². The van der Waals surface area contributed by atoms with Gasteiger partial charge in [-0.05, 0) is 48.6 Å². The fourth-order valence-corrected chi connectivity index (χ4v) is 6.62. The molecule has 1 saturated heterocycles. The fraction of sp³-hybridized carbons (Fsp3) is 0.217. The second-order valence-electron chi connectivity index (χ2n) is 7.59. The Morgan fingerprint density at radius 3 is 2.69 bits per heavy atom. The van der Waals surface area contributed by atoms with Gasteiger partial charge in [0.1, 0.15) is 11.8 Å². The molecule has 164 valence electrons. The highest BCUT2D eigenvalue weighted by molar-refractivity contribution is 7.89. The molecule has 3 aromatic carbocycles. The Labute approximate surface area is 189 Å². The molecule has 0 bridgehead atoms. The Morgan fingerprint density at radius 2 is 1.91 bits per heavy atom. The summed E-state index contributed by atoms with van der Waals surface area (Å²) in [5.41, 5.74) is 0.831. The van der Waals surface area contributed by atoms with Gasteiger partial charge in [0.25, 0.3) is 0 Å². The van der Waals surface area contributed by atoms with E-state index in [0.29, 0.717) is 30.3 Å². The normalized spacial score (nSPS) is 17.1. The van der Waals surface area contributed by atoms with Crippen molar-refractivity contribution in [3.8, 4) is 5.75 Å². The molecule has 2 heterocycles. The van der Waals surface area contributed by atoms with E-state index in [1.165, 1.54) is 34.9 Å². The second kappa shape index (κ2) is 8.16. The van der Waals surface area contributed by atoms with Crippen molar-refractivity contribution in [1.82, 2.24) is 9.29 Å². The van der Waals surface area contributed by atoms with Crippen molar-refractivity contribution in [3.63, 3.8) is 0 Å². The molecule has 1 amide bonds. The Kier molecular flexibility index (Phi) is 5.32. The SMILES string of the molecule is COc1ccc(S(=O)(=O)N2CCCC2C(=O)Nc2nc3c(ccc4ccccc43)s2)cc1. The lowest BCUT2D eigenvalue weighted by Gasteiger charge is -2.23. The number of carbonyl (C=O) groups is 1. The predicted molar refractivity (Wildman–Crippen MR) is 126 cm³/mol. The monoisotopic (exact) mass is 467 g/mol. The van der Waals surface area contributed by atoms with Crippen LogP contribution in [0.2, 0.25) is 0 Å². The minimum atomic E-state index is -3.80. The van der Waals surface area contributed by atoms with Crippen LogP contribution in [0.25, 0.3) is 21.0 Å². The fourth-order valence-electron chi connectivity index (χ4n) is 4.08. The Bertz CT molecular complexity index is 1410.